The zero-order chi connectivity index (χ0) is 14.7. The van der Waals surface area contributed by atoms with E-state index in [0.29, 0.717) is 0 Å². The molecule has 1 fully saturated rings. The predicted molar refractivity (Wildman–Crippen MR) is 84.6 cm³/mol. The quantitative estimate of drug-likeness (QED) is 0.655. The van der Waals surface area contributed by atoms with E-state index >= 15 is 0 Å². The number of nitrogens with zero attached hydrogens (tertiary/aromatic N) is 2. The van der Waals surface area contributed by atoms with Gasteiger partial charge in [-0.1, -0.05) is 43.2 Å². The summed E-state index contributed by atoms with van der Waals surface area (Å²) in [5, 5.41) is 0. The van der Waals surface area contributed by atoms with Gasteiger partial charge in [-0.05, 0) is 25.3 Å². The number of aryl methyl sites for hydroxylation is 1. The summed E-state index contributed by atoms with van der Waals surface area (Å²) >= 11 is 0. The number of rotatable bonds is 5. The molecule has 0 saturated heterocycles. The fourth-order valence-electron chi connectivity index (χ4n) is 3.85. The second-order valence-electron chi connectivity index (χ2n) is 5.90. The second kappa shape index (κ2) is 6.00. The summed E-state index contributed by atoms with van der Waals surface area (Å²) in [7, 11) is 0. The molecule has 1 heterocycles. The van der Waals surface area contributed by atoms with Gasteiger partial charge < -0.3 is 4.57 Å². The topological polar surface area (TPSA) is 55.9 Å². The molecule has 4 nitrogen and oxygen atoms in total. The normalized spacial score (nSPS) is 18.8. The summed E-state index contributed by atoms with van der Waals surface area (Å²) in [5.41, 5.74) is 4.50. The van der Waals surface area contributed by atoms with Crippen molar-refractivity contribution in [2.75, 3.05) is 0 Å². The maximum Gasteiger partial charge on any atom is 0.128 e. The number of nitrogens with one attached hydrogen (secondary N) is 1. The lowest BCUT2D eigenvalue weighted by molar-refractivity contribution is 0.285. The Morgan fingerprint density at radius 3 is 2.62 bits per heavy atom. The minimum absolute atomic E-state index is 0.0499. The van der Waals surface area contributed by atoms with Gasteiger partial charge in [0.25, 0.3) is 0 Å². The Kier molecular flexibility index (Phi) is 4.08. The molecule has 3 rings (SSSR count). The first-order valence-corrected chi connectivity index (χ1v) is 7.84. The van der Waals surface area contributed by atoms with Crippen LogP contribution in [0.25, 0.3) is 0 Å². The lowest BCUT2D eigenvalue weighted by Gasteiger charge is -2.37. The third kappa shape index (κ3) is 2.39. The Morgan fingerprint density at radius 2 is 2.00 bits per heavy atom. The molecule has 0 spiro atoms. The maximum atomic E-state index is 5.99. The molecule has 4 heteroatoms. The van der Waals surface area contributed by atoms with Gasteiger partial charge >= 0.3 is 0 Å². The fourth-order valence-corrected chi connectivity index (χ4v) is 3.85. The van der Waals surface area contributed by atoms with Gasteiger partial charge in [-0.2, -0.15) is 0 Å². The maximum absolute atomic E-state index is 5.99. The van der Waals surface area contributed by atoms with Gasteiger partial charge in [-0.15, -0.1) is 0 Å². The van der Waals surface area contributed by atoms with Crippen LogP contribution >= 0.6 is 0 Å². The van der Waals surface area contributed by atoms with E-state index in [1.807, 2.05) is 12.4 Å². The van der Waals surface area contributed by atoms with Crippen LogP contribution in [0.5, 0.6) is 0 Å². The van der Waals surface area contributed by atoms with Crippen molar-refractivity contribution in [1.82, 2.24) is 15.0 Å². The van der Waals surface area contributed by atoms with Gasteiger partial charge in [-0.3, -0.25) is 5.84 Å². The van der Waals surface area contributed by atoms with E-state index < -0.39 is 0 Å². The first-order chi connectivity index (χ1) is 10.3. The number of benzene rings is 1. The van der Waals surface area contributed by atoms with Gasteiger partial charge in [0.1, 0.15) is 5.82 Å². The van der Waals surface area contributed by atoms with Crippen molar-refractivity contribution in [3.63, 3.8) is 0 Å². The smallest absolute Gasteiger partial charge is 0.128 e. The highest BCUT2D eigenvalue weighted by Gasteiger charge is 2.44. The average molecular weight is 284 g/mol. The first-order valence-electron chi connectivity index (χ1n) is 7.84. The molecule has 1 aliphatic carbocycles. The minimum Gasteiger partial charge on any atom is -0.334 e. The molecule has 2 aromatic rings. The molecule has 1 aliphatic rings. The van der Waals surface area contributed by atoms with Crippen LogP contribution in [0.15, 0.2) is 42.7 Å². The molecule has 1 aromatic carbocycles. The number of hydrogen-bond acceptors (Lipinski definition) is 3. The highest BCUT2D eigenvalue weighted by Crippen LogP contribution is 2.49. The molecule has 1 atom stereocenters. The first kappa shape index (κ1) is 14.3. The van der Waals surface area contributed by atoms with Crippen molar-refractivity contribution in [2.24, 2.45) is 5.84 Å². The van der Waals surface area contributed by atoms with Crippen molar-refractivity contribution in [2.45, 2.75) is 50.6 Å². The highest BCUT2D eigenvalue weighted by atomic mass is 15.3. The number of hydrazine groups is 1. The molecule has 112 valence electrons. The number of imidazole rings is 1. The number of nitrogens with two attached hydrogens (primary N) is 1. The van der Waals surface area contributed by atoms with Crippen LogP contribution in [-0.2, 0) is 12.0 Å². The lowest BCUT2D eigenvalue weighted by Crippen LogP contribution is -2.44. The van der Waals surface area contributed by atoms with E-state index in [-0.39, 0.29) is 11.5 Å². The van der Waals surface area contributed by atoms with E-state index in [1.165, 1.54) is 18.4 Å². The Labute approximate surface area is 126 Å². The van der Waals surface area contributed by atoms with Gasteiger partial charge in [0.2, 0.25) is 0 Å². The second-order valence-corrected chi connectivity index (χ2v) is 5.90. The Hall–Kier alpha value is -1.65. The lowest BCUT2D eigenvalue weighted by atomic mass is 9.72. The van der Waals surface area contributed by atoms with Crippen molar-refractivity contribution in [3.05, 3.63) is 54.1 Å². The molecule has 1 unspecified atom stereocenters. The van der Waals surface area contributed by atoms with E-state index in [1.54, 1.807) is 0 Å². The van der Waals surface area contributed by atoms with Crippen LogP contribution in [0.4, 0.5) is 0 Å². The summed E-state index contributed by atoms with van der Waals surface area (Å²) in [6.45, 7) is 3.06. The SMILES string of the molecule is CCn1ccnc1C(NN)C1(c2ccccc2)CCCC1. The van der Waals surface area contributed by atoms with Gasteiger partial charge in [0.05, 0.1) is 6.04 Å². The summed E-state index contributed by atoms with van der Waals surface area (Å²) in [5.74, 6) is 7.03. The Bertz CT molecular complexity index is 569. The third-order valence-electron chi connectivity index (χ3n) is 4.91. The summed E-state index contributed by atoms with van der Waals surface area (Å²) in [4.78, 5) is 4.59. The molecular formula is C17H24N4. The van der Waals surface area contributed by atoms with Crippen molar-refractivity contribution >= 4 is 0 Å². The molecule has 0 amide bonds. The Morgan fingerprint density at radius 1 is 1.29 bits per heavy atom. The van der Waals surface area contributed by atoms with Crippen LogP contribution < -0.4 is 11.3 Å². The third-order valence-corrected chi connectivity index (χ3v) is 4.91. The summed E-state index contributed by atoms with van der Waals surface area (Å²) in [6, 6.07) is 10.8. The average Bonchev–Trinajstić information content (AvgIpc) is 3.19. The van der Waals surface area contributed by atoms with Crippen molar-refractivity contribution in [1.29, 1.82) is 0 Å². The van der Waals surface area contributed by atoms with Gasteiger partial charge in [-0.25, -0.2) is 10.4 Å². The molecule has 1 saturated carbocycles. The number of aromatic nitrogens is 2. The molecule has 1 aromatic heterocycles. The predicted octanol–water partition coefficient (Wildman–Crippen LogP) is 2.92. The van der Waals surface area contributed by atoms with Crippen molar-refractivity contribution in [3.8, 4) is 0 Å². The van der Waals surface area contributed by atoms with Crippen LogP contribution in [0.1, 0.15) is 50.0 Å². The van der Waals surface area contributed by atoms with Crippen molar-refractivity contribution < 1.29 is 0 Å². The van der Waals surface area contributed by atoms with Gasteiger partial charge in [0, 0.05) is 24.4 Å². The van der Waals surface area contributed by atoms with E-state index in [0.717, 1.165) is 25.2 Å². The van der Waals surface area contributed by atoms with Crippen LogP contribution in [0.2, 0.25) is 0 Å². The Balaban J connectivity index is 2.07. The molecule has 0 bridgehead atoms. The molecule has 0 aliphatic heterocycles. The monoisotopic (exact) mass is 284 g/mol. The molecule has 3 N–H and O–H groups in total. The highest BCUT2D eigenvalue weighted by molar-refractivity contribution is 5.31. The fraction of sp³-hybridized carbons (Fsp3) is 0.471. The summed E-state index contributed by atoms with van der Waals surface area (Å²) in [6.07, 6.45) is 8.72. The zero-order valence-electron chi connectivity index (χ0n) is 12.6. The van der Waals surface area contributed by atoms with Gasteiger partial charge in [0.15, 0.2) is 0 Å². The largest absolute Gasteiger partial charge is 0.334 e. The van der Waals surface area contributed by atoms with Crippen LogP contribution in [-0.4, -0.2) is 9.55 Å². The van der Waals surface area contributed by atoms with E-state index in [2.05, 4.69) is 52.2 Å². The zero-order valence-corrected chi connectivity index (χ0v) is 12.6. The van der Waals surface area contributed by atoms with E-state index in [4.69, 9.17) is 5.84 Å². The molecule has 0 radical (unpaired) electrons. The van der Waals surface area contributed by atoms with Crippen LogP contribution in [0.3, 0.4) is 0 Å². The van der Waals surface area contributed by atoms with E-state index in [9.17, 15) is 0 Å². The number of hydrogen-bond donors (Lipinski definition) is 2. The molecule has 21 heavy (non-hydrogen) atoms. The standard InChI is InChI=1S/C17H24N4/c1-2-21-13-12-19-16(21)15(20-18)17(10-6-7-11-17)14-8-4-3-5-9-14/h3-5,8-9,12-13,15,20H,2,6-7,10-11,18H2,1H3. The van der Waals surface area contributed by atoms with Crippen LogP contribution in [0, 0.1) is 0 Å². The summed E-state index contributed by atoms with van der Waals surface area (Å²) < 4.78 is 2.19. The minimum atomic E-state index is 0.0499. The molecular weight excluding hydrogens is 260 g/mol.